The molecule has 0 aliphatic heterocycles. The van der Waals surface area contributed by atoms with Crippen LogP contribution in [0.2, 0.25) is 10.0 Å². The van der Waals surface area contributed by atoms with Crippen LogP contribution in [0.4, 0.5) is 11.4 Å². The van der Waals surface area contributed by atoms with Gasteiger partial charge in [0, 0.05) is 17.2 Å². The number of carbonyl (C=O) groups is 1. The topological polar surface area (TPSA) is 92.5 Å². The fourth-order valence-corrected chi connectivity index (χ4v) is 2.31. The number of halogens is 2. The van der Waals surface area contributed by atoms with Crippen molar-refractivity contribution in [1.29, 1.82) is 0 Å². The van der Waals surface area contributed by atoms with Crippen LogP contribution < -0.4 is 5.32 Å². The van der Waals surface area contributed by atoms with Crippen molar-refractivity contribution in [3.8, 4) is 5.75 Å². The van der Waals surface area contributed by atoms with E-state index in [4.69, 9.17) is 23.2 Å². The molecule has 6 nitrogen and oxygen atoms in total. The molecule has 0 aliphatic rings. The molecule has 2 N–H and O–H groups in total. The van der Waals surface area contributed by atoms with Crippen LogP contribution in [-0.4, -0.2) is 15.9 Å². The van der Waals surface area contributed by atoms with Gasteiger partial charge in [-0.15, -0.1) is 0 Å². The summed E-state index contributed by atoms with van der Waals surface area (Å²) in [6.07, 6.45) is 0. The fraction of sp³-hybridized carbons (Fsp3) is 0.0714. The van der Waals surface area contributed by atoms with E-state index in [1.54, 1.807) is 6.92 Å². The molecular formula is C14H10Cl2N2O4. The number of rotatable bonds is 3. The van der Waals surface area contributed by atoms with E-state index in [9.17, 15) is 20.0 Å². The zero-order valence-electron chi connectivity index (χ0n) is 11.3. The first kappa shape index (κ1) is 16.1. The number of non-ortho nitro benzene ring substituents is 1. The summed E-state index contributed by atoms with van der Waals surface area (Å²) in [4.78, 5) is 22.2. The number of nitrogens with one attached hydrogen (secondary N) is 1. The van der Waals surface area contributed by atoms with E-state index in [1.807, 2.05) is 0 Å². The van der Waals surface area contributed by atoms with Crippen LogP contribution in [0.3, 0.4) is 0 Å². The monoisotopic (exact) mass is 340 g/mol. The van der Waals surface area contributed by atoms with Crippen molar-refractivity contribution in [1.82, 2.24) is 0 Å². The van der Waals surface area contributed by atoms with Gasteiger partial charge in [-0.3, -0.25) is 14.9 Å². The van der Waals surface area contributed by atoms with E-state index in [0.717, 1.165) is 6.07 Å². The third-order valence-electron chi connectivity index (χ3n) is 2.92. The standard InChI is InChI=1S/C14H10Cl2N2O4/c1-7-4-8(15)5-10(13(7)19)14(20)17-12-3-2-9(18(21)22)6-11(12)16/h2-6,19H,1H3,(H,17,20). The Hall–Kier alpha value is -2.31. The van der Waals surface area contributed by atoms with E-state index in [2.05, 4.69) is 5.32 Å². The first-order valence-electron chi connectivity index (χ1n) is 6.04. The summed E-state index contributed by atoms with van der Waals surface area (Å²) in [6.45, 7) is 1.61. The maximum atomic E-state index is 12.2. The summed E-state index contributed by atoms with van der Waals surface area (Å²) in [7, 11) is 0. The molecular weight excluding hydrogens is 331 g/mol. The predicted molar refractivity (Wildman–Crippen MR) is 83.9 cm³/mol. The maximum absolute atomic E-state index is 12.2. The van der Waals surface area contributed by atoms with Crippen LogP contribution in [0.5, 0.6) is 5.75 Å². The van der Waals surface area contributed by atoms with Crippen molar-refractivity contribution < 1.29 is 14.8 Å². The molecule has 0 saturated carbocycles. The molecule has 0 spiro atoms. The summed E-state index contributed by atoms with van der Waals surface area (Å²) >= 11 is 11.8. The molecule has 0 fully saturated rings. The molecule has 0 aliphatic carbocycles. The van der Waals surface area contributed by atoms with Crippen LogP contribution in [-0.2, 0) is 0 Å². The van der Waals surface area contributed by atoms with Crippen molar-refractivity contribution in [3.63, 3.8) is 0 Å². The van der Waals surface area contributed by atoms with Gasteiger partial charge in [0.05, 0.1) is 21.2 Å². The summed E-state index contributed by atoms with van der Waals surface area (Å²) in [5, 5.41) is 23.3. The van der Waals surface area contributed by atoms with E-state index < -0.39 is 10.8 Å². The van der Waals surface area contributed by atoms with Crippen molar-refractivity contribution in [2.75, 3.05) is 5.32 Å². The number of hydrogen-bond acceptors (Lipinski definition) is 4. The van der Waals surface area contributed by atoms with Crippen LogP contribution >= 0.6 is 23.2 Å². The molecule has 0 aromatic heterocycles. The largest absolute Gasteiger partial charge is 0.507 e. The molecule has 0 radical (unpaired) electrons. The second-order valence-electron chi connectivity index (χ2n) is 4.49. The SMILES string of the molecule is Cc1cc(Cl)cc(C(=O)Nc2ccc([N+](=O)[O-])cc2Cl)c1O. The van der Waals surface area contributed by atoms with E-state index in [1.165, 1.54) is 24.3 Å². The van der Waals surface area contributed by atoms with Gasteiger partial charge in [-0.2, -0.15) is 0 Å². The zero-order chi connectivity index (χ0) is 16.4. The molecule has 0 unspecified atom stereocenters. The highest BCUT2D eigenvalue weighted by molar-refractivity contribution is 6.34. The van der Waals surface area contributed by atoms with Gasteiger partial charge in [-0.25, -0.2) is 0 Å². The lowest BCUT2D eigenvalue weighted by atomic mass is 10.1. The first-order valence-corrected chi connectivity index (χ1v) is 6.79. The second-order valence-corrected chi connectivity index (χ2v) is 5.34. The normalized spacial score (nSPS) is 10.3. The van der Waals surface area contributed by atoms with Gasteiger partial charge >= 0.3 is 0 Å². The van der Waals surface area contributed by atoms with Crippen molar-refractivity contribution in [2.45, 2.75) is 6.92 Å². The van der Waals surface area contributed by atoms with Crippen LogP contribution in [0.25, 0.3) is 0 Å². The minimum atomic E-state index is -0.626. The second kappa shape index (κ2) is 6.21. The fourth-order valence-electron chi connectivity index (χ4n) is 1.82. The van der Waals surface area contributed by atoms with Gasteiger partial charge in [0.1, 0.15) is 5.75 Å². The minimum Gasteiger partial charge on any atom is -0.507 e. The predicted octanol–water partition coefficient (Wildman–Crippen LogP) is 4.17. The van der Waals surface area contributed by atoms with Crippen molar-refractivity contribution in [2.24, 2.45) is 0 Å². The lowest BCUT2D eigenvalue weighted by molar-refractivity contribution is -0.384. The number of phenolic OH excluding ortho intramolecular Hbond substituents is 1. The number of phenols is 1. The van der Waals surface area contributed by atoms with Crippen molar-refractivity contribution >= 4 is 40.5 Å². The Morgan fingerprint density at radius 2 is 1.95 bits per heavy atom. The van der Waals surface area contributed by atoms with Crippen molar-refractivity contribution in [3.05, 3.63) is 61.6 Å². The number of nitro benzene ring substituents is 1. The van der Waals surface area contributed by atoms with Crippen LogP contribution in [0, 0.1) is 17.0 Å². The Balaban J connectivity index is 2.32. The Morgan fingerprint density at radius 1 is 1.27 bits per heavy atom. The van der Waals surface area contributed by atoms with Gasteiger partial charge in [-0.1, -0.05) is 23.2 Å². The number of carbonyl (C=O) groups excluding carboxylic acids is 1. The van der Waals surface area contributed by atoms with Crippen LogP contribution in [0.15, 0.2) is 30.3 Å². The highest BCUT2D eigenvalue weighted by atomic mass is 35.5. The summed E-state index contributed by atoms with van der Waals surface area (Å²) in [5.74, 6) is -0.821. The van der Waals surface area contributed by atoms with Gasteiger partial charge in [-0.05, 0) is 30.7 Å². The third-order valence-corrected chi connectivity index (χ3v) is 3.45. The molecule has 2 rings (SSSR count). The number of anilines is 1. The molecule has 2 aromatic rings. The molecule has 22 heavy (non-hydrogen) atoms. The minimum absolute atomic E-state index is 0.0144. The van der Waals surface area contributed by atoms with Gasteiger partial charge < -0.3 is 10.4 Å². The average Bonchev–Trinajstić information content (AvgIpc) is 2.44. The van der Waals surface area contributed by atoms with E-state index in [0.29, 0.717) is 10.6 Å². The molecule has 1 amide bonds. The number of nitro groups is 1. The first-order chi connectivity index (χ1) is 10.3. The number of nitrogens with zero attached hydrogens (tertiary/aromatic N) is 1. The number of hydrogen-bond donors (Lipinski definition) is 2. The highest BCUT2D eigenvalue weighted by Gasteiger charge is 2.17. The number of benzene rings is 2. The quantitative estimate of drug-likeness (QED) is 0.647. The highest BCUT2D eigenvalue weighted by Crippen LogP contribution is 2.30. The summed E-state index contributed by atoms with van der Waals surface area (Å²) in [5.41, 5.74) is 0.436. The zero-order valence-corrected chi connectivity index (χ0v) is 12.8. The summed E-state index contributed by atoms with van der Waals surface area (Å²) in [6, 6.07) is 6.49. The Labute approximate surface area is 135 Å². The number of aromatic hydroxyl groups is 1. The molecule has 8 heteroatoms. The van der Waals surface area contributed by atoms with E-state index >= 15 is 0 Å². The molecule has 0 atom stereocenters. The average molecular weight is 341 g/mol. The number of aryl methyl sites for hydroxylation is 1. The molecule has 2 aromatic carbocycles. The van der Waals surface area contributed by atoms with Gasteiger partial charge in [0.25, 0.3) is 11.6 Å². The number of amides is 1. The molecule has 114 valence electrons. The van der Waals surface area contributed by atoms with Gasteiger partial charge in [0.15, 0.2) is 0 Å². The molecule has 0 bridgehead atoms. The van der Waals surface area contributed by atoms with Gasteiger partial charge in [0.2, 0.25) is 0 Å². The summed E-state index contributed by atoms with van der Waals surface area (Å²) < 4.78 is 0. The Kier molecular flexibility index (Phi) is 4.54. The van der Waals surface area contributed by atoms with E-state index in [-0.39, 0.29) is 27.7 Å². The third kappa shape index (κ3) is 3.29. The molecule has 0 saturated heterocycles. The van der Waals surface area contributed by atoms with Crippen LogP contribution in [0.1, 0.15) is 15.9 Å². The Bertz CT molecular complexity index is 778. The lowest BCUT2D eigenvalue weighted by Gasteiger charge is -2.10. The smallest absolute Gasteiger partial charge is 0.271 e. The maximum Gasteiger partial charge on any atom is 0.271 e. The molecule has 0 heterocycles. The lowest BCUT2D eigenvalue weighted by Crippen LogP contribution is -2.13. The Morgan fingerprint density at radius 3 is 2.55 bits per heavy atom.